The molecular weight excluding hydrogens is 358 g/mol. The molecule has 1 saturated heterocycles. The molecule has 1 aliphatic heterocycles. The van der Waals surface area contributed by atoms with Crippen LogP contribution in [0.4, 0.5) is 8.78 Å². The second kappa shape index (κ2) is 9.86. The molecule has 3 rings (SSSR count). The summed E-state index contributed by atoms with van der Waals surface area (Å²) in [4.78, 5) is 2.41. The summed E-state index contributed by atoms with van der Waals surface area (Å²) in [6, 6.07) is 17.9. The third kappa shape index (κ3) is 5.40. The van der Waals surface area contributed by atoms with Crippen LogP contribution in [0.3, 0.4) is 0 Å². The van der Waals surface area contributed by atoms with E-state index >= 15 is 0 Å². The van der Waals surface area contributed by atoms with Gasteiger partial charge >= 0.3 is 0 Å². The maximum Gasteiger partial charge on any atom is 0.272 e. The molecule has 0 aromatic heterocycles. The Morgan fingerprint density at radius 3 is 2.35 bits per heavy atom. The molecule has 0 unspecified atom stereocenters. The SMILES string of the molecule is Cl.NC[C@@H]1CN(Cc2ccc(OCC(F)F)cc2)C[C@H]1c1ccccc1. The predicted molar refractivity (Wildman–Crippen MR) is 102 cm³/mol. The molecule has 2 atom stereocenters. The molecule has 2 N–H and O–H groups in total. The number of halogens is 3. The molecule has 26 heavy (non-hydrogen) atoms. The first-order valence-corrected chi connectivity index (χ1v) is 8.63. The Hall–Kier alpha value is -1.69. The number of likely N-dealkylation sites (tertiary alicyclic amines) is 1. The van der Waals surface area contributed by atoms with Gasteiger partial charge in [-0.2, -0.15) is 0 Å². The number of hydrogen-bond donors (Lipinski definition) is 1. The number of benzene rings is 2. The third-order valence-electron chi connectivity index (χ3n) is 4.75. The molecule has 0 radical (unpaired) electrons. The third-order valence-corrected chi connectivity index (χ3v) is 4.75. The van der Waals surface area contributed by atoms with Gasteiger partial charge in [-0.25, -0.2) is 8.78 Å². The van der Waals surface area contributed by atoms with Crippen LogP contribution in [0.1, 0.15) is 17.0 Å². The van der Waals surface area contributed by atoms with Gasteiger partial charge in [0.15, 0.2) is 0 Å². The van der Waals surface area contributed by atoms with Crippen LogP contribution < -0.4 is 10.5 Å². The minimum atomic E-state index is -2.45. The number of alkyl halides is 2. The van der Waals surface area contributed by atoms with Gasteiger partial charge in [-0.15, -0.1) is 12.4 Å². The normalized spacial score (nSPS) is 20.2. The summed E-state index contributed by atoms with van der Waals surface area (Å²) in [6.45, 7) is 2.89. The van der Waals surface area contributed by atoms with Gasteiger partial charge in [0.2, 0.25) is 0 Å². The van der Waals surface area contributed by atoms with Crippen molar-refractivity contribution >= 4 is 12.4 Å². The molecule has 1 fully saturated rings. The van der Waals surface area contributed by atoms with Crippen molar-refractivity contribution in [2.75, 3.05) is 26.2 Å². The summed E-state index contributed by atoms with van der Waals surface area (Å²) < 4.78 is 29.4. The maximum absolute atomic E-state index is 12.2. The van der Waals surface area contributed by atoms with E-state index < -0.39 is 13.0 Å². The zero-order valence-corrected chi connectivity index (χ0v) is 15.4. The van der Waals surface area contributed by atoms with Gasteiger partial charge in [-0.1, -0.05) is 42.5 Å². The van der Waals surface area contributed by atoms with E-state index in [2.05, 4.69) is 29.2 Å². The van der Waals surface area contributed by atoms with Gasteiger partial charge in [-0.05, 0) is 35.7 Å². The lowest BCUT2D eigenvalue weighted by atomic mass is 9.89. The van der Waals surface area contributed by atoms with Crippen molar-refractivity contribution in [1.29, 1.82) is 0 Å². The highest BCUT2D eigenvalue weighted by atomic mass is 35.5. The summed E-state index contributed by atoms with van der Waals surface area (Å²) >= 11 is 0. The van der Waals surface area contributed by atoms with Crippen molar-refractivity contribution in [3.8, 4) is 5.75 Å². The standard InChI is InChI=1S/C20H24F2N2O.ClH/c21-20(22)14-25-18-8-6-15(7-9-18)11-24-12-17(10-23)19(13-24)16-4-2-1-3-5-16;/h1-9,17,19-20H,10-14,23H2;1H/t17-,19+;/m1./s1. The van der Waals surface area contributed by atoms with Crippen LogP contribution in [0.15, 0.2) is 54.6 Å². The molecule has 0 aliphatic carbocycles. The average Bonchev–Trinajstić information content (AvgIpc) is 3.05. The van der Waals surface area contributed by atoms with Crippen LogP contribution in [0, 0.1) is 5.92 Å². The molecule has 0 saturated carbocycles. The van der Waals surface area contributed by atoms with Crippen molar-refractivity contribution in [1.82, 2.24) is 4.90 Å². The van der Waals surface area contributed by atoms with Crippen LogP contribution in [0.2, 0.25) is 0 Å². The number of rotatable bonds is 7. The number of nitrogens with two attached hydrogens (primary N) is 1. The first-order chi connectivity index (χ1) is 12.2. The van der Waals surface area contributed by atoms with Gasteiger partial charge in [-0.3, -0.25) is 4.90 Å². The van der Waals surface area contributed by atoms with Crippen LogP contribution in [0.25, 0.3) is 0 Å². The highest BCUT2D eigenvalue weighted by Crippen LogP contribution is 2.32. The van der Waals surface area contributed by atoms with Gasteiger partial charge in [0.25, 0.3) is 6.43 Å². The van der Waals surface area contributed by atoms with Gasteiger partial charge in [0.05, 0.1) is 0 Å². The van der Waals surface area contributed by atoms with Gasteiger partial charge < -0.3 is 10.5 Å². The van der Waals surface area contributed by atoms with E-state index in [-0.39, 0.29) is 12.4 Å². The molecule has 1 heterocycles. The molecule has 2 aromatic rings. The summed E-state index contributed by atoms with van der Waals surface area (Å²) in [5.74, 6) is 1.39. The Balaban J connectivity index is 0.00000243. The fourth-order valence-electron chi connectivity index (χ4n) is 3.51. The Morgan fingerprint density at radius 1 is 1.04 bits per heavy atom. The van der Waals surface area contributed by atoms with Crippen LogP contribution in [-0.2, 0) is 6.54 Å². The summed E-state index contributed by atoms with van der Waals surface area (Å²) in [5, 5.41) is 0. The Labute approximate surface area is 159 Å². The largest absolute Gasteiger partial charge is 0.488 e. The lowest BCUT2D eigenvalue weighted by Gasteiger charge is -2.17. The fraction of sp³-hybridized carbons (Fsp3) is 0.400. The van der Waals surface area contributed by atoms with E-state index in [0.717, 1.165) is 25.2 Å². The van der Waals surface area contributed by atoms with Crippen molar-refractivity contribution < 1.29 is 13.5 Å². The highest BCUT2D eigenvalue weighted by Gasteiger charge is 2.32. The van der Waals surface area contributed by atoms with E-state index in [4.69, 9.17) is 10.5 Å². The minimum Gasteiger partial charge on any atom is -0.488 e. The van der Waals surface area contributed by atoms with Crippen molar-refractivity contribution in [2.45, 2.75) is 18.9 Å². The van der Waals surface area contributed by atoms with Gasteiger partial charge in [0.1, 0.15) is 12.4 Å². The lowest BCUT2D eigenvalue weighted by Crippen LogP contribution is -2.23. The van der Waals surface area contributed by atoms with Crippen LogP contribution in [0.5, 0.6) is 5.75 Å². The fourth-order valence-corrected chi connectivity index (χ4v) is 3.51. The molecule has 3 nitrogen and oxygen atoms in total. The monoisotopic (exact) mass is 382 g/mol. The predicted octanol–water partition coefficient (Wildman–Crippen LogP) is 3.93. The van der Waals surface area contributed by atoms with Crippen LogP contribution in [-0.4, -0.2) is 37.6 Å². The number of ether oxygens (including phenoxy) is 1. The summed E-state index contributed by atoms with van der Waals surface area (Å²) in [5.41, 5.74) is 8.48. The molecule has 0 spiro atoms. The highest BCUT2D eigenvalue weighted by molar-refractivity contribution is 5.85. The quantitative estimate of drug-likeness (QED) is 0.788. The average molecular weight is 383 g/mol. The van der Waals surface area contributed by atoms with E-state index in [1.54, 1.807) is 12.1 Å². The second-order valence-corrected chi connectivity index (χ2v) is 6.55. The van der Waals surface area contributed by atoms with E-state index in [1.807, 2.05) is 18.2 Å². The topological polar surface area (TPSA) is 38.5 Å². The van der Waals surface area contributed by atoms with Crippen molar-refractivity contribution in [3.05, 3.63) is 65.7 Å². The minimum absolute atomic E-state index is 0. The van der Waals surface area contributed by atoms with Crippen molar-refractivity contribution in [3.63, 3.8) is 0 Å². The lowest BCUT2D eigenvalue weighted by molar-refractivity contribution is 0.0819. The molecule has 1 aliphatic rings. The first-order valence-electron chi connectivity index (χ1n) is 8.63. The van der Waals surface area contributed by atoms with Gasteiger partial charge in [0, 0.05) is 25.6 Å². The maximum atomic E-state index is 12.2. The van der Waals surface area contributed by atoms with E-state index in [9.17, 15) is 8.78 Å². The molecule has 0 amide bonds. The first kappa shape index (κ1) is 20.6. The molecule has 142 valence electrons. The van der Waals surface area contributed by atoms with Crippen molar-refractivity contribution in [2.24, 2.45) is 11.7 Å². The van der Waals surface area contributed by atoms with Crippen LogP contribution >= 0.6 is 12.4 Å². The van der Waals surface area contributed by atoms with E-state index in [0.29, 0.717) is 24.1 Å². The smallest absolute Gasteiger partial charge is 0.272 e. The molecule has 0 bridgehead atoms. The molecular formula is C20H25ClF2N2O. The summed E-state index contributed by atoms with van der Waals surface area (Å²) in [7, 11) is 0. The zero-order valence-electron chi connectivity index (χ0n) is 14.6. The Bertz CT molecular complexity index is 655. The van der Waals surface area contributed by atoms with E-state index in [1.165, 1.54) is 5.56 Å². The number of nitrogens with zero attached hydrogens (tertiary/aromatic N) is 1. The molecule has 6 heteroatoms. The molecule has 2 aromatic carbocycles. The zero-order chi connectivity index (χ0) is 17.6. The Morgan fingerprint density at radius 2 is 1.73 bits per heavy atom. The summed E-state index contributed by atoms with van der Waals surface area (Å²) in [6.07, 6.45) is -2.45. The second-order valence-electron chi connectivity index (χ2n) is 6.55. The number of hydrogen-bond acceptors (Lipinski definition) is 3. The Kier molecular flexibility index (Phi) is 7.82.